The van der Waals surface area contributed by atoms with Crippen molar-refractivity contribution < 1.29 is 38.0 Å². The summed E-state index contributed by atoms with van der Waals surface area (Å²) in [6.45, 7) is 8.31. The first kappa shape index (κ1) is 18.8. The van der Waals surface area contributed by atoms with Gasteiger partial charge in [0.1, 0.15) is 25.4 Å². The Balaban J connectivity index is 1.86. The first-order valence-electron chi connectivity index (χ1n) is 8.17. The largest absolute Gasteiger partial charge is 0.509 e. The van der Waals surface area contributed by atoms with E-state index in [1.54, 1.807) is 0 Å². The molecule has 24 heavy (non-hydrogen) atoms. The summed E-state index contributed by atoms with van der Waals surface area (Å²) in [5.74, 6) is 0. The van der Waals surface area contributed by atoms with E-state index in [-0.39, 0.29) is 25.4 Å². The summed E-state index contributed by atoms with van der Waals surface area (Å²) in [6.07, 6.45) is -0.547. The van der Waals surface area contributed by atoms with Gasteiger partial charge in [-0.1, -0.05) is 13.8 Å². The van der Waals surface area contributed by atoms with Crippen molar-refractivity contribution in [3.05, 3.63) is 0 Å². The third-order valence-electron chi connectivity index (χ3n) is 4.40. The molecule has 8 heteroatoms. The van der Waals surface area contributed by atoms with Gasteiger partial charge in [-0.15, -0.1) is 0 Å². The van der Waals surface area contributed by atoms with Crippen LogP contribution in [0.4, 0.5) is 9.59 Å². The lowest BCUT2D eigenvalue weighted by Gasteiger charge is -2.42. The lowest BCUT2D eigenvalue weighted by Crippen LogP contribution is -2.54. The fourth-order valence-electron chi connectivity index (χ4n) is 2.32. The van der Waals surface area contributed by atoms with Crippen LogP contribution in [-0.4, -0.2) is 62.1 Å². The van der Waals surface area contributed by atoms with Crippen molar-refractivity contribution in [2.45, 2.75) is 57.3 Å². The van der Waals surface area contributed by atoms with Gasteiger partial charge in [0, 0.05) is 0 Å². The normalized spacial score (nSPS) is 28.4. The lowest BCUT2D eigenvalue weighted by atomic mass is 9.99. The molecular weight excluding hydrogens is 320 g/mol. The summed E-state index contributed by atoms with van der Waals surface area (Å²) < 4.78 is 31.8. The molecule has 2 heterocycles. The first-order valence-corrected chi connectivity index (χ1v) is 8.17. The molecule has 2 fully saturated rings. The van der Waals surface area contributed by atoms with Crippen LogP contribution in [0.25, 0.3) is 0 Å². The number of rotatable bonds is 5. The summed E-state index contributed by atoms with van der Waals surface area (Å²) >= 11 is 0. The Morgan fingerprint density at radius 1 is 1.04 bits per heavy atom. The molecule has 8 nitrogen and oxygen atoms in total. The zero-order valence-electron chi connectivity index (χ0n) is 14.7. The Kier molecular flexibility index (Phi) is 5.59. The molecule has 0 aromatic rings. The van der Waals surface area contributed by atoms with Crippen LogP contribution in [-0.2, 0) is 28.4 Å². The summed E-state index contributed by atoms with van der Waals surface area (Å²) in [4.78, 5) is 23.0. The van der Waals surface area contributed by atoms with Crippen molar-refractivity contribution in [1.29, 1.82) is 0 Å². The van der Waals surface area contributed by atoms with Gasteiger partial charge < -0.3 is 28.4 Å². The number of carbonyl (C=O) groups is 2. The van der Waals surface area contributed by atoms with Crippen LogP contribution < -0.4 is 0 Å². The summed E-state index contributed by atoms with van der Waals surface area (Å²) in [5.41, 5.74) is -2.05. The fraction of sp³-hybridized carbons (Fsp3) is 0.875. The van der Waals surface area contributed by atoms with E-state index in [1.165, 1.54) is 0 Å². The van der Waals surface area contributed by atoms with Crippen LogP contribution in [0.1, 0.15) is 40.5 Å². The average Bonchev–Trinajstić information content (AvgIpc) is 2.57. The highest BCUT2D eigenvalue weighted by atomic mass is 16.8. The Morgan fingerprint density at radius 3 is 2.21 bits per heavy atom. The minimum Gasteiger partial charge on any atom is -0.431 e. The van der Waals surface area contributed by atoms with E-state index in [2.05, 4.69) is 0 Å². The van der Waals surface area contributed by atoms with Crippen LogP contribution in [0.3, 0.4) is 0 Å². The molecule has 0 aromatic carbocycles. The van der Waals surface area contributed by atoms with Crippen LogP contribution in [0.2, 0.25) is 0 Å². The third kappa shape index (κ3) is 4.51. The van der Waals surface area contributed by atoms with E-state index in [1.807, 2.05) is 27.7 Å². The van der Waals surface area contributed by atoms with Gasteiger partial charge in [0.05, 0.1) is 18.8 Å². The zero-order valence-corrected chi connectivity index (χ0v) is 14.7. The Bertz CT molecular complexity index is 453. The molecule has 0 spiro atoms. The Labute approximate surface area is 141 Å². The SMILES string of the molecule is CCC1(COC(=O)OC2(CC)COC(=O)OC2)COC(C)(C)CO1. The molecule has 0 aliphatic carbocycles. The van der Waals surface area contributed by atoms with Gasteiger partial charge >= 0.3 is 12.3 Å². The summed E-state index contributed by atoms with van der Waals surface area (Å²) in [7, 11) is 0. The van der Waals surface area contributed by atoms with Gasteiger partial charge in [-0.2, -0.15) is 0 Å². The highest BCUT2D eigenvalue weighted by molar-refractivity contribution is 5.63. The van der Waals surface area contributed by atoms with Gasteiger partial charge in [0.25, 0.3) is 0 Å². The maximum Gasteiger partial charge on any atom is 0.509 e. The van der Waals surface area contributed by atoms with Crippen molar-refractivity contribution in [3.63, 3.8) is 0 Å². The van der Waals surface area contributed by atoms with Crippen molar-refractivity contribution in [3.8, 4) is 0 Å². The maximum atomic E-state index is 12.0. The highest BCUT2D eigenvalue weighted by Crippen LogP contribution is 2.29. The van der Waals surface area contributed by atoms with E-state index < -0.39 is 23.5 Å². The number of carbonyl (C=O) groups excluding carboxylic acids is 2. The van der Waals surface area contributed by atoms with Gasteiger partial charge in [-0.05, 0) is 26.7 Å². The summed E-state index contributed by atoms with van der Waals surface area (Å²) in [6, 6.07) is 0. The standard InChI is InChI=1S/C16H26O8/c1-5-15(11-22-14(3,4)7-23-15)8-21-13(18)24-16(6-2)9-19-12(17)20-10-16/h5-11H2,1-4H3. The minimum absolute atomic E-state index is 0.0266. The molecule has 0 aromatic heterocycles. The van der Waals surface area contributed by atoms with Crippen LogP contribution in [0, 0.1) is 0 Å². The zero-order chi connectivity index (χ0) is 17.8. The molecule has 2 rings (SSSR count). The quantitative estimate of drug-likeness (QED) is 0.701. The van der Waals surface area contributed by atoms with Crippen molar-refractivity contribution in [2.75, 3.05) is 33.0 Å². The summed E-state index contributed by atoms with van der Waals surface area (Å²) in [5, 5.41) is 0. The minimum atomic E-state index is -1.02. The second-order valence-corrected chi connectivity index (χ2v) is 6.88. The monoisotopic (exact) mass is 346 g/mol. The van der Waals surface area contributed by atoms with Crippen LogP contribution in [0.5, 0.6) is 0 Å². The number of hydrogen-bond acceptors (Lipinski definition) is 8. The predicted molar refractivity (Wildman–Crippen MR) is 81.8 cm³/mol. The smallest absolute Gasteiger partial charge is 0.431 e. The molecule has 1 unspecified atom stereocenters. The van der Waals surface area contributed by atoms with Crippen LogP contribution >= 0.6 is 0 Å². The highest BCUT2D eigenvalue weighted by Gasteiger charge is 2.43. The molecule has 0 saturated carbocycles. The van der Waals surface area contributed by atoms with Gasteiger partial charge in [-0.3, -0.25) is 0 Å². The molecule has 0 N–H and O–H groups in total. The van der Waals surface area contributed by atoms with Gasteiger partial charge in [-0.25, -0.2) is 9.59 Å². The second-order valence-electron chi connectivity index (χ2n) is 6.88. The topological polar surface area (TPSA) is 89.5 Å². The predicted octanol–water partition coefficient (Wildman–Crippen LogP) is 2.43. The lowest BCUT2D eigenvalue weighted by molar-refractivity contribution is -0.238. The molecule has 2 aliphatic heterocycles. The van der Waals surface area contributed by atoms with Gasteiger partial charge in [0.15, 0.2) is 5.60 Å². The van der Waals surface area contributed by atoms with E-state index in [9.17, 15) is 9.59 Å². The third-order valence-corrected chi connectivity index (χ3v) is 4.40. The number of ether oxygens (including phenoxy) is 6. The van der Waals surface area contributed by atoms with E-state index >= 15 is 0 Å². The van der Waals surface area contributed by atoms with Crippen molar-refractivity contribution in [2.24, 2.45) is 0 Å². The number of hydrogen-bond donors (Lipinski definition) is 0. The molecule has 1 atom stereocenters. The fourth-order valence-corrected chi connectivity index (χ4v) is 2.32. The molecule has 2 saturated heterocycles. The maximum absolute atomic E-state index is 12.0. The van der Waals surface area contributed by atoms with E-state index in [0.29, 0.717) is 26.1 Å². The Hall–Kier alpha value is -1.54. The molecule has 2 aliphatic rings. The van der Waals surface area contributed by atoms with Crippen LogP contribution in [0.15, 0.2) is 0 Å². The average molecular weight is 346 g/mol. The molecule has 0 amide bonds. The Morgan fingerprint density at radius 2 is 1.71 bits per heavy atom. The first-order chi connectivity index (χ1) is 11.2. The second kappa shape index (κ2) is 7.14. The number of cyclic esters (lactones) is 2. The molecular formula is C16H26O8. The molecule has 0 bridgehead atoms. The van der Waals surface area contributed by atoms with Crippen molar-refractivity contribution >= 4 is 12.3 Å². The van der Waals surface area contributed by atoms with E-state index in [0.717, 1.165) is 0 Å². The van der Waals surface area contributed by atoms with E-state index in [4.69, 9.17) is 28.4 Å². The van der Waals surface area contributed by atoms with Gasteiger partial charge in [0.2, 0.25) is 0 Å². The van der Waals surface area contributed by atoms with Crippen molar-refractivity contribution in [1.82, 2.24) is 0 Å². The molecule has 0 radical (unpaired) electrons. The molecule has 138 valence electrons.